The lowest BCUT2D eigenvalue weighted by Crippen LogP contribution is -2.43. The number of carbonyl (C=O) groups is 2. The minimum Gasteiger partial charge on any atom is -0.493 e. The van der Waals surface area contributed by atoms with E-state index in [9.17, 15) is 26.4 Å². The number of likely N-dealkylation sites (N-methyl/N-ethyl adjacent to an activating group) is 1. The average Bonchev–Trinajstić information content (AvgIpc) is 3.42. The lowest BCUT2D eigenvalue weighted by Gasteiger charge is -2.32. The number of carbonyl (C=O) groups excluding carboxylic acids is 2. The zero-order valence-corrected chi connectivity index (χ0v) is 26.1. The molecule has 0 radical (unpaired) electrons. The summed E-state index contributed by atoms with van der Waals surface area (Å²) in [7, 11) is -5.69. The van der Waals surface area contributed by atoms with Gasteiger partial charge in [0.25, 0.3) is 26.0 Å². The first-order chi connectivity index (χ1) is 20.3. The number of fused-ring (bicyclic) bond motifs is 1. The predicted molar refractivity (Wildman–Crippen MR) is 150 cm³/mol. The molecular formula is C24H34N4O12S3. The van der Waals surface area contributed by atoms with E-state index in [4.69, 9.17) is 24.6 Å². The van der Waals surface area contributed by atoms with Crippen LogP contribution in [0.3, 0.4) is 0 Å². The Labute approximate surface area is 253 Å². The SMILES string of the molecule is CCN[C@H]1CN(CCCOC)S(=O)(=O)c2sc(S(=O)(=O)NC(=O)c3ccc(OC(=O)CCCON(O)O)c(OC)c3)cc21. The number of methoxy groups -OCH3 is 2. The minimum atomic E-state index is -4.49. The van der Waals surface area contributed by atoms with Crippen molar-refractivity contribution in [2.24, 2.45) is 0 Å². The van der Waals surface area contributed by atoms with Gasteiger partial charge in [-0.2, -0.15) is 4.31 Å². The molecule has 4 N–H and O–H groups in total. The Morgan fingerprint density at radius 3 is 2.53 bits per heavy atom. The average molecular weight is 667 g/mol. The number of esters is 1. The molecule has 0 fully saturated rings. The van der Waals surface area contributed by atoms with Gasteiger partial charge in [-0.3, -0.25) is 24.8 Å². The van der Waals surface area contributed by atoms with E-state index in [0.717, 1.165) is 0 Å². The van der Waals surface area contributed by atoms with Crippen LogP contribution in [0.15, 0.2) is 32.7 Å². The maximum absolute atomic E-state index is 13.3. The van der Waals surface area contributed by atoms with Gasteiger partial charge in [-0.15, -0.1) is 11.3 Å². The fraction of sp³-hybridized carbons (Fsp3) is 0.500. The van der Waals surface area contributed by atoms with Crippen molar-refractivity contribution in [2.45, 2.75) is 40.6 Å². The van der Waals surface area contributed by atoms with Gasteiger partial charge in [-0.1, -0.05) is 6.92 Å². The summed E-state index contributed by atoms with van der Waals surface area (Å²) in [4.78, 5) is 29.4. The van der Waals surface area contributed by atoms with Crippen molar-refractivity contribution in [3.05, 3.63) is 35.4 Å². The van der Waals surface area contributed by atoms with Crippen molar-refractivity contribution >= 4 is 43.3 Å². The highest BCUT2D eigenvalue weighted by Gasteiger charge is 2.40. The summed E-state index contributed by atoms with van der Waals surface area (Å²) in [6, 6.07) is 4.45. The van der Waals surface area contributed by atoms with Gasteiger partial charge in [0.2, 0.25) is 0 Å². The van der Waals surface area contributed by atoms with Gasteiger partial charge in [-0.05, 0) is 43.7 Å². The second-order valence-corrected chi connectivity index (χ2v) is 14.2. The molecule has 0 saturated heterocycles. The van der Waals surface area contributed by atoms with Crippen LogP contribution in [0, 0.1) is 0 Å². The van der Waals surface area contributed by atoms with Crippen molar-refractivity contribution in [3.8, 4) is 11.5 Å². The van der Waals surface area contributed by atoms with Crippen molar-refractivity contribution in [2.75, 3.05) is 47.1 Å². The molecule has 1 aliphatic heterocycles. The van der Waals surface area contributed by atoms with Crippen LogP contribution in [0.2, 0.25) is 0 Å². The number of ether oxygens (including phenoxy) is 3. The molecule has 0 unspecified atom stereocenters. The van der Waals surface area contributed by atoms with E-state index >= 15 is 0 Å². The van der Waals surface area contributed by atoms with E-state index in [1.807, 2.05) is 11.6 Å². The third-order valence-electron chi connectivity index (χ3n) is 6.12. The highest BCUT2D eigenvalue weighted by atomic mass is 32.3. The van der Waals surface area contributed by atoms with Crippen LogP contribution >= 0.6 is 11.3 Å². The summed E-state index contributed by atoms with van der Waals surface area (Å²) in [5.74, 6) is -1.80. The summed E-state index contributed by atoms with van der Waals surface area (Å²) in [6.07, 6.45) is 0.421. The molecule has 240 valence electrons. The summed E-state index contributed by atoms with van der Waals surface area (Å²) in [6.45, 7) is 2.86. The second-order valence-electron chi connectivity index (χ2n) is 9.09. The molecule has 2 aromatic rings. The maximum Gasteiger partial charge on any atom is 0.311 e. The quantitative estimate of drug-likeness (QED) is 0.0861. The minimum absolute atomic E-state index is 0.0359. The van der Waals surface area contributed by atoms with Gasteiger partial charge in [0.05, 0.1) is 19.1 Å². The summed E-state index contributed by atoms with van der Waals surface area (Å²) >= 11 is 0.560. The Morgan fingerprint density at radius 2 is 1.88 bits per heavy atom. The largest absolute Gasteiger partial charge is 0.493 e. The zero-order chi connectivity index (χ0) is 31.8. The lowest BCUT2D eigenvalue weighted by atomic mass is 10.1. The molecule has 0 aliphatic carbocycles. The molecule has 0 spiro atoms. The van der Waals surface area contributed by atoms with Gasteiger partial charge in [-0.25, -0.2) is 21.6 Å². The number of benzene rings is 1. The standard InChI is InChI=1S/C24H34N4O12S3/c1-4-25-18-15-27(10-6-11-37-2)43(35,36)24-17(18)14-22(41-24)42(33,34)26-23(30)16-8-9-19(20(13-16)38-3)40-21(29)7-5-12-39-28(31)32/h8-9,13-14,18,25,31-32H,4-7,10-12,15H2,1-3H3,(H,26,30)/t18-/m0/s1. The van der Waals surface area contributed by atoms with Crippen LogP contribution in [0.1, 0.15) is 48.1 Å². The molecule has 2 heterocycles. The first-order valence-electron chi connectivity index (χ1n) is 13.0. The van der Waals surface area contributed by atoms with Crippen LogP contribution in [-0.2, 0) is 34.4 Å². The number of nitrogens with one attached hydrogen (secondary N) is 2. The Kier molecular flexibility index (Phi) is 12.4. The topological polar surface area (TPSA) is 210 Å². The van der Waals surface area contributed by atoms with Crippen LogP contribution < -0.4 is 19.5 Å². The summed E-state index contributed by atoms with van der Waals surface area (Å²) in [5, 5.41) is 19.7. The van der Waals surface area contributed by atoms with E-state index in [2.05, 4.69) is 10.2 Å². The van der Waals surface area contributed by atoms with E-state index < -0.39 is 43.4 Å². The van der Waals surface area contributed by atoms with Crippen molar-refractivity contribution < 1.29 is 55.9 Å². The maximum atomic E-state index is 13.3. The number of rotatable bonds is 16. The molecular weight excluding hydrogens is 632 g/mol. The molecule has 3 rings (SSSR count). The van der Waals surface area contributed by atoms with Gasteiger partial charge in [0, 0.05) is 50.4 Å². The van der Waals surface area contributed by atoms with Crippen molar-refractivity contribution in [1.29, 1.82) is 0 Å². The molecule has 16 nitrogen and oxygen atoms in total. The van der Waals surface area contributed by atoms with E-state index in [1.165, 1.54) is 42.8 Å². The number of hydrogen-bond donors (Lipinski definition) is 4. The van der Waals surface area contributed by atoms with Crippen LogP contribution in [0.4, 0.5) is 0 Å². The molecule has 1 aromatic carbocycles. The van der Waals surface area contributed by atoms with Gasteiger partial charge < -0.3 is 19.5 Å². The highest BCUT2D eigenvalue weighted by Crippen LogP contribution is 2.40. The van der Waals surface area contributed by atoms with Gasteiger partial charge in [0.15, 0.2) is 11.5 Å². The molecule has 0 saturated carbocycles. The summed E-state index contributed by atoms with van der Waals surface area (Å²) < 4.78 is 71.3. The first kappa shape index (κ1) is 34.8. The molecule has 43 heavy (non-hydrogen) atoms. The molecule has 1 aliphatic rings. The predicted octanol–water partition coefficient (Wildman–Crippen LogP) is 1.26. The Hall–Kier alpha value is -2.72. The number of nitrogens with zero attached hydrogens (tertiary/aromatic N) is 2. The fourth-order valence-corrected chi connectivity index (χ4v) is 9.00. The highest BCUT2D eigenvalue weighted by molar-refractivity contribution is 7.94. The first-order valence-corrected chi connectivity index (χ1v) is 16.7. The van der Waals surface area contributed by atoms with Crippen molar-refractivity contribution in [3.63, 3.8) is 0 Å². The number of amides is 1. The van der Waals surface area contributed by atoms with E-state index in [-0.39, 0.29) is 58.0 Å². The Balaban J connectivity index is 1.77. The number of hydrogen-bond acceptors (Lipinski definition) is 15. The monoisotopic (exact) mass is 666 g/mol. The molecule has 19 heteroatoms. The normalized spacial score (nSPS) is 16.6. The smallest absolute Gasteiger partial charge is 0.311 e. The van der Waals surface area contributed by atoms with Gasteiger partial charge in [0.1, 0.15) is 8.42 Å². The Morgan fingerprint density at radius 1 is 1.14 bits per heavy atom. The third kappa shape index (κ3) is 8.91. The van der Waals surface area contributed by atoms with Crippen molar-refractivity contribution in [1.82, 2.24) is 19.7 Å². The number of thiophene rings is 1. The summed E-state index contributed by atoms with van der Waals surface area (Å²) in [5.41, 5.74) is 0.176. The van der Waals surface area contributed by atoms with E-state index in [1.54, 1.807) is 0 Å². The zero-order valence-electron chi connectivity index (χ0n) is 23.6. The van der Waals surface area contributed by atoms with Crippen LogP contribution in [-0.4, -0.2) is 95.9 Å². The van der Waals surface area contributed by atoms with E-state index in [0.29, 0.717) is 36.5 Å². The lowest BCUT2D eigenvalue weighted by molar-refractivity contribution is -0.492. The third-order valence-corrected chi connectivity index (χ3v) is 11.5. The van der Waals surface area contributed by atoms with Gasteiger partial charge >= 0.3 is 5.97 Å². The Bertz CT molecular complexity index is 1490. The van der Waals surface area contributed by atoms with Crippen LogP contribution in [0.5, 0.6) is 11.5 Å². The van der Waals surface area contributed by atoms with Crippen LogP contribution in [0.25, 0.3) is 0 Å². The number of sulfonamides is 2. The molecule has 1 aromatic heterocycles. The second kappa shape index (κ2) is 15.3. The fourth-order valence-electron chi connectivity index (χ4n) is 4.14. The molecule has 1 amide bonds. The molecule has 1 atom stereocenters. The molecule has 0 bridgehead atoms.